The lowest BCUT2D eigenvalue weighted by molar-refractivity contribution is 0.283. The van der Waals surface area contributed by atoms with Crippen molar-refractivity contribution in [3.05, 3.63) is 24.0 Å². The number of sulfone groups is 1. The molecule has 0 aromatic carbocycles. The summed E-state index contributed by atoms with van der Waals surface area (Å²) in [7, 11) is -2.94. The molecule has 2 aliphatic rings. The monoisotopic (exact) mass is 359 g/mol. The topological polar surface area (TPSA) is 95.4 Å². The summed E-state index contributed by atoms with van der Waals surface area (Å²) < 4.78 is 24.0. The van der Waals surface area contributed by atoms with Crippen LogP contribution in [0.5, 0.6) is 0 Å². The molecule has 6 nitrogen and oxygen atoms in total. The third kappa shape index (κ3) is 3.02. The standard InChI is InChI=1S/C17H22BN3O3S/c1-2-5-25(23,24)9-11-6-12(7-11)16-15-13-3-4-19-17(13)20-8-14(15)18(22)10-21-16/h3-4,8,11-12,22H,2,5-7,9-10H2,1H3,(H,19,20). The van der Waals surface area contributed by atoms with Crippen molar-refractivity contribution < 1.29 is 13.4 Å². The normalized spacial score (nSPS) is 23.3. The molecule has 1 saturated carbocycles. The summed E-state index contributed by atoms with van der Waals surface area (Å²) in [6.45, 7) is 1.28. The van der Waals surface area contributed by atoms with Crippen molar-refractivity contribution in [1.82, 2.24) is 9.97 Å². The quantitative estimate of drug-likeness (QED) is 0.777. The summed E-state index contributed by atoms with van der Waals surface area (Å²) >= 11 is 0. The average molecular weight is 359 g/mol. The van der Waals surface area contributed by atoms with Gasteiger partial charge in [-0.25, -0.2) is 13.4 Å². The third-order valence-corrected chi connectivity index (χ3v) is 7.30. The molecule has 0 bridgehead atoms. The van der Waals surface area contributed by atoms with Gasteiger partial charge in [0, 0.05) is 47.2 Å². The number of aliphatic imine (C=N–C) groups is 1. The minimum Gasteiger partial charge on any atom is -0.445 e. The molecule has 2 N–H and O–H groups in total. The van der Waals surface area contributed by atoms with Gasteiger partial charge >= 0.3 is 6.92 Å². The highest BCUT2D eigenvalue weighted by Gasteiger charge is 2.39. The fraction of sp³-hybridized carbons (Fsp3) is 0.529. The van der Waals surface area contributed by atoms with Gasteiger partial charge in [0.05, 0.1) is 5.75 Å². The van der Waals surface area contributed by atoms with Gasteiger partial charge in [0.2, 0.25) is 0 Å². The third-order valence-electron chi connectivity index (χ3n) is 5.29. The molecular formula is C17H22BN3O3S. The number of hydrogen-bond acceptors (Lipinski definition) is 5. The van der Waals surface area contributed by atoms with Crippen molar-refractivity contribution in [1.29, 1.82) is 0 Å². The molecule has 1 aliphatic heterocycles. The second kappa shape index (κ2) is 6.25. The highest BCUT2D eigenvalue weighted by molar-refractivity contribution is 7.91. The predicted octanol–water partition coefficient (Wildman–Crippen LogP) is 0.947. The average Bonchev–Trinajstić information content (AvgIpc) is 3.00. The predicted molar refractivity (Wildman–Crippen MR) is 100 cm³/mol. The van der Waals surface area contributed by atoms with Gasteiger partial charge in [0.25, 0.3) is 0 Å². The first kappa shape index (κ1) is 16.8. The van der Waals surface area contributed by atoms with Crippen LogP contribution in [0.25, 0.3) is 11.0 Å². The minimum atomic E-state index is -2.94. The smallest absolute Gasteiger partial charge is 0.348 e. The fourth-order valence-electron chi connectivity index (χ4n) is 4.11. The molecule has 132 valence electrons. The first-order valence-electron chi connectivity index (χ1n) is 8.87. The van der Waals surface area contributed by atoms with Crippen LogP contribution in [0.4, 0.5) is 0 Å². The number of aromatic nitrogens is 2. The molecule has 2 aromatic rings. The number of hydrogen-bond donors (Lipinski definition) is 2. The van der Waals surface area contributed by atoms with E-state index in [-0.39, 0.29) is 23.3 Å². The van der Waals surface area contributed by atoms with Crippen LogP contribution in [0.3, 0.4) is 0 Å². The van der Waals surface area contributed by atoms with Crippen molar-refractivity contribution in [2.45, 2.75) is 26.2 Å². The van der Waals surface area contributed by atoms with Gasteiger partial charge in [0.1, 0.15) is 5.65 Å². The van der Waals surface area contributed by atoms with Gasteiger partial charge in [0.15, 0.2) is 9.84 Å². The molecule has 25 heavy (non-hydrogen) atoms. The molecule has 0 atom stereocenters. The van der Waals surface area contributed by atoms with E-state index in [0.29, 0.717) is 12.9 Å². The Morgan fingerprint density at radius 3 is 2.96 bits per heavy atom. The Morgan fingerprint density at radius 1 is 1.40 bits per heavy atom. The van der Waals surface area contributed by atoms with Crippen LogP contribution in [-0.2, 0) is 9.84 Å². The van der Waals surface area contributed by atoms with Crippen LogP contribution in [0.1, 0.15) is 31.7 Å². The largest absolute Gasteiger partial charge is 0.445 e. The lowest BCUT2D eigenvalue weighted by Gasteiger charge is -2.38. The number of nitrogens with one attached hydrogen (secondary N) is 1. The Hall–Kier alpha value is -1.67. The van der Waals surface area contributed by atoms with E-state index in [2.05, 4.69) is 15.0 Å². The van der Waals surface area contributed by atoms with E-state index in [0.717, 1.165) is 40.6 Å². The van der Waals surface area contributed by atoms with Crippen LogP contribution >= 0.6 is 0 Å². The van der Waals surface area contributed by atoms with Gasteiger partial charge < -0.3 is 10.0 Å². The molecule has 1 aliphatic carbocycles. The lowest BCUT2D eigenvalue weighted by atomic mass is 9.56. The summed E-state index contributed by atoms with van der Waals surface area (Å²) in [4.78, 5) is 12.1. The van der Waals surface area contributed by atoms with Crippen molar-refractivity contribution in [2.75, 3.05) is 17.9 Å². The molecule has 0 radical (unpaired) electrons. The van der Waals surface area contributed by atoms with Crippen LogP contribution < -0.4 is 5.46 Å². The van der Waals surface area contributed by atoms with Crippen LogP contribution in [0, 0.1) is 11.8 Å². The molecule has 0 unspecified atom stereocenters. The maximum atomic E-state index is 12.0. The summed E-state index contributed by atoms with van der Waals surface area (Å²) in [5.41, 5.74) is 3.63. The van der Waals surface area contributed by atoms with Gasteiger partial charge in [-0.15, -0.1) is 0 Å². The number of fused-ring (bicyclic) bond motifs is 3. The molecule has 4 rings (SSSR count). The van der Waals surface area contributed by atoms with Crippen LogP contribution in [0.15, 0.2) is 23.5 Å². The molecule has 0 saturated heterocycles. The Morgan fingerprint density at radius 2 is 2.20 bits per heavy atom. The van der Waals surface area contributed by atoms with E-state index in [1.165, 1.54) is 0 Å². The Balaban J connectivity index is 1.57. The summed E-state index contributed by atoms with van der Waals surface area (Å²) in [5, 5.41) is 11.3. The van der Waals surface area contributed by atoms with Crippen molar-refractivity contribution in [3.8, 4) is 0 Å². The molecule has 8 heteroatoms. The van der Waals surface area contributed by atoms with Crippen molar-refractivity contribution in [2.24, 2.45) is 16.8 Å². The first-order chi connectivity index (χ1) is 12.0. The summed E-state index contributed by atoms with van der Waals surface area (Å²) in [5.74, 6) is 1.06. The van der Waals surface area contributed by atoms with Crippen molar-refractivity contribution >= 4 is 39.0 Å². The maximum absolute atomic E-state index is 12.0. The Bertz CT molecular complexity index is 932. The molecule has 3 heterocycles. The number of H-pyrrole nitrogens is 1. The number of nitrogens with zero attached hydrogens (tertiary/aromatic N) is 2. The van der Waals surface area contributed by atoms with Gasteiger partial charge in [-0.1, -0.05) is 6.92 Å². The highest BCUT2D eigenvalue weighted by Crippen LogP contribution is 2.39. The molecule has 0 spiro atoms. The summed E-state index contributed by atoms with van der Waals surface area (Å²) in [6.07, 6.45) is 6.31. The van der Waals surface area contributed by atoms with Crippen molar-refractivity contribution in [3.63, 3.8) is 0 Å². The van der Waals surface area contributed by atoms with Gasteiger partial charge in [-0.3, -0.25) is 4.99 Å². The zero-order valence-electron chi connectivity index (χ0n) is 14.3. The first-order valence-corrected chi connectivity index (χ1v) is 10.7. The van der Waals surface area contributed by atoms with E-state index < -0.39 is 16.8 Å². The number of pyridine rings is 1. The highest BCUT2D eigenvalue weighted by atomic mass is 32.2. The minimum absolute atomic E-state index is 0.225. The van der Waals surface area contributed by atoms with E-state index >= 15 is 0 Å². The van der Waals surface area contributed by atoms with Crippen LogP contribution in [0.2, 0.25) is 0 Å². The second-order valence-electron chi connectivity index (χ2n) is 7.22. The molecule has 1 fully saturated rings. The zero-order valence-corrected chi connectivity index (χ0v) is 15.1. The Labute approximate surface area is 147 Å². The zero-order chi connectivity index (χ0) is 17.6. The number of aromatic amines is 1. The van der Waals surface area contributed by atoms with E-state index in [4.69, 9.17) is 0 Å². The van der Waals surface area contributed by atoms with E-state index in [9.17, 15) is 13.4 Å². The second-order valence-corrected chi connectivity index (χ2v) is 9.45. The van der Waals surface area contributed by atoms with Gasteiger partial charge in [-0.2, -0.15) is 0 Å². The maximum Gasteiger partial charge on any atom is 0.348 e. The van der Waals surface area contributed by atoms with E-state index in [1.807, 2.05) is 19.2 Å². The Kier molecular flexibility index (Phi) is 4.20. The molecular weight excluding hydrogens is 337 g/mol. The van der Waals surface area contributed by atoms with Crippen LogP contribution in [-0.4, -0.2) is 54.0 Å². The SMILES string of the molecule is CCCS(=O)(=O)CC1CC(C2=NCB(O)c3cnc4[nH]ccc4c32)C1. The lowest BCUT2D eigenvalue weighted by Crippen LogP contribution is -2.46. The van der Waals surface area contributed by atoms with Gasteiger partial charge in [-0.05, 0) is 36.7 Å². The fourth-order valence-corrected chi connectivity index (χ4v) is 5.88. The summed E-state index contributed by atoms with van der Waals surface area (Å²) in [6, 6.07) is 1.97. The molecule has 0 amide bonds. The number of rotatable bonds is 5. The van der Waals surface area contributed by atoms with E-state index in [1.54, 1.807) is 6.20 Å². The molecule has 2 aromatic heterocycles.